The molecule has 2 aliphatic rings. The van der Waals surface area contributed by atoms with Gasteiger partial charge < -0.3 is 5.11 Å². The molecule has 0 aromatic carbocycles. The number of carboxylic acids is 1. The van der Waals surface area contributed by atoms with Crippen molar-refractivity contribution in [3.63, 3.8) is 0 Å². The molecule has 2 rings (SSSR count). The number of rotatable bonds is 5. The molecular formula is C12H20O2S. The molecule has 15 heavy (non-hydrogen) atoms. The van der Waals surface area contributed by atoms with Gasteiger partial charge in [-0.3, -0.25) is 4.79 Å². The van der Waals surface area contributed by atoms with E-state index in [0.29, 0.717) is 5.92 Å². The fraction of sp³-hybridized carbons (Fsp3) is 0.917. The van der Waals surface area contributed by atoms with Crippen LogP contribution in [0, 0.1) is 17.8 Å². The average Bonchev–Trinajstić information content (AvgIpc) is 2.84. The Labute approximate surface area is 95.8 Å². The summed E-state index contributed by atoms with van der Waals surface area (Å²) in [6.07, 6.45) is 4.53. The molecule has 0 radical (unpaired) electrons. The molecule has 0 amide bonds. The van der Waals surface area contributed by atoms with Crippen LogP contribution in [-0.4, -0.2) is 21.6 Å². The van der Waals surface area contributed by atoms with Gasteiger partial charge in [-0.15, -0.1) is 11.8 Å². The van der Waals surface area contributed by atoms with Gasteiger partial charge in [0.05, 0.1) is 0 Å². The smallest absolute Gasteiger partial charge is 0.319 e. The number of carbonyl (C=O) groups is 1. The van der Waals surface area contributed by atoms with E-state index in [1.54, 1.807) is 11.8 Å². The van der Waals surface area contributed by atoms with Crippen LogP contribution in [0.5, 0.6) is 0 Å². The van der Waals surface area contributed by atoms with Crippen molar-refractivity contribution in [2.24, 2.45) is 17.8 Å². The second-order valence-electron chi connectivity index (χ2n) is 5.51. The summed E-state index contributed by atoms with van der Waals surface area (Å²) in [5.41, 5.74) is 0. The largest absolute Gasteiger partial charge is 0.480 e. The Morgan fingerprint density at radius 1 is 1.40 bits per heavy atom. The maximum absolute atomic E-state index is 11.3. The van der Waals surface area contributed by atoms with Crippen LogP contribution in [0.1, 0.15) is 39.5 Å². The van der Waals surface area contributed by atoms with Crippen molar-refractivity contribution in [1.29, 1.82) is 0 Å². The SMILES string of the molecule is CC(C)CSC1(C(=O)O)CC(C2CC2)C1. The van der Waals surface area contributed by atoms with Crippen molar-refractivity contribution in [3.05, 3.63) is 0 Å². The van der Waals surface area contributed by atoms with Gasteiger partial charge in [-0.05, 0) is 49.2 Å². The molecule has 0 unspecified atom stereocenters. The van der Waals surface area contributed by atoms with E-state index >= 15 is 0 Å². The quantitative estimate of drug-likeness (QED) is 0.786. The summed E-state index contributed by atoms with van der Waals surface area (Å²) in [7, 11) is 0. The number of hydrogen-bond acceptors (Lipinski definition) is 2. The van der Waals surface area contributed by atoms with Crippen LogP contribution < -0.4 is 0 Å². The predicted molar refractivity (Wildman–Crippen MR) is 63.1 cm³/mol. The zero-order chi connectivity index (χ0) is 11.1. The monoisotopic (exact) mass is 228 g/mol. The van der Waals surface area contributed by atoms with E-state index in [-0.39, 0.29) is 0 Å². The molecule has 1 N–H and O–H groups in total. The lowest BCUT2D eigenvalue weighted by molar-refractivity contribution is -0.143. The molecule has 0 aromatic rings. The second kappa shape index (κ2) is 4.00. The molecule has 2 aliphatic carbocycles. The standard InChI is InChI=1S/C12H20O2S/c1-8(2)7-15-12(11(13)14)5-10(6-12)9-3-4-9/h8-10H,3-7H2,1-2H3,(H,13,14). The molecule has 0 heterocycles. The minimum Gasteiger partial charge on any atom is -0.480 e. The Morgan fingerprint density at radius 3 is 2.40 bits per heavy atom. The van der Waals surface area contributed by atoms with E-state index < -0.39 is 10.7 Å². The topological polar surface area (TPSA) is 37.3 Å². The first-order valence-electron chi connectivity index (χ1n) is 5.91. The van der Waals surface area contributed by atoms with Gasteiger partial charge in [-0.2, -0.15) is 0 Å². The highest BCUT2D eigenvalue weighted by Crippen LogP contribution is 2.56. The molecule has 0 atom stereocenters. The van der Waals surface area contributed by atoms with Crippen LogP contribution in [0.15, 0.2) is 0 Å². The Balaban J connectivity index is 1.86. The normalized spacial score (nSPS) is 35.3. The predicted octanol–water partition coefficient (Wildman–Crippen LogP) is 3.02. The highest BCUT2D eigenvalue weighted by molar-refractivity contribution is 8.01. The summed E-state index contributed by atoms with van der Waals surface area (Å²) in [5, 5.41) is 9.30. The summed E-state index contributed by atoms with van der Waals surface area (Å²) in [4.78, 5) is 11.3. The van der Waals surface area contributed by atoms with Crippen LogP contribution in [-0.2, 0) is 4.79 Å². The summed E-state index contributed by atoms with van der Waals surface area (Å²) >= 11 is 1.68. The van der Waals surface area contributed by atoms with Crippen LogP contribution in [0.25, 0.3) is 0 Å². The van der Waals surface area contributed by atoms with Crippen LogP contribution in [0.2, 0.25) is 0 Å². The van der Waals surface area contributed by atoms with Gasteiger partial charge >= 0.3 is 5.97 Å². The van der Waals surface area contributed by atoms with Gasteiger partial charge in [0.25, 0.3) is 0 Å². The van der Waals surface area contributed by atoms with Crippen LogP contribution >= 0.6 is 11.8 Å². The highest BCUT2D eigenvalue weighted by Gasteiger charge is 2.54. The highest BCUT2D eigenvalue weighted by atomic mass is 32.2. The van der Waals surface area contributed by atoms with Crippen LogP contribution in [0.3, 0.4) is 0 Å². The lowest BCUT2D eigenvalue weighted by Gasteiger charge is -2.44. The first kappa shape index (κ1) is 11.3. The molecule has 86 valence electrons. The summed E-state index contributed by atoms with van der Waals surface area (Å²) in [6, 6.07) is 0. The third-order valence-electron chi connectivity index (χ3n) is 3.56. The number of carboxylic acid groups (broad SMARTS) is 1. The van der Waals surface area contributed by atoms with Gasteiger partial charge in [0.1, 0.15) is 4.75 Å². The lowest BCUT2D eigenvalue weighted by atomic mass is 9.71. The Bertz CT molecular complexity index is 247. The maximum atomic E-state index is 11.3. The molecule has 0 saturated heterocycles. The van der Waals surface area contributed by atoms with Crippen molar-refractivity contribution < 1.29 is 9.90 Å². The van der Waals surface area contributed by atoms with Crippen molar-refractivity contribution >= 4 is 17.7 Å². The molecule has 3 heteroatoms. The third-order valence-corrected chi connectivity index (χ3v) is 5.45. The van der Waals surface area contributed by atoms with Gasteiger partial charge in [0.2, 0.25) is 0 Å². The molecule has 0 bridgehead atoms. The van der Waals surface area contributed by atoms with Gasteiger partial charge in [-0.25, -0.2) is 0 Å². The van der Waals surface area contributed by atoms with E-state index in [4.69, 9.17) is 0 Å². The van der Waals surface area contributed by atoms with Crippen molar-refractivity contribution in [3.8, 4) is 0 Å². The van der Waals surface area contributed by atoms with Gasteiger partial charge in [-0.1, -0.05) is 13.8 Å². The lowest BCUT2D eigenvalue weighted by Crippen LogP contribution is -2.48. The minimum absolute atomic E-state index is 0.419. The van der Waals surface area contributed by atoms with Crippen molar-refractivity contribution in [1.82, 2.24) is 0 Å². The van der Waals surface area contributed by atoms with Gasteiger partial charge in [0.15, 0.2) is 0 Å². The van der Waals surface area contributed by atoms with Crippen molar-refractivity contribution in [2.45, 2.75) is 44.3 Å². The summed E-state index contributed by atoms with van der Waals surface area (Å²) < 4.78 is -0.419. The van der Waals surface area contributed by atoms with E-state index in [2.05, 4.69) is 13.8 Å². The Kier molecular flexibility index (Phi) is 3.02. The third kappa shape index (κ3) is 2.32. The average molecular weight is 228 g/mol. The first-order chi connectivity index (χ1) is 7.03. The van der Waals surface area contributed by atoms with Crippen molar-refractivity contribution in [2.75, 3.05) is 5.75 Å². The molecular weight excluding hydrogens is 208 g/mol. The molecule has 0 aromatic heterocycles. The molecule has 2 saturated carbocycles. The molecule has 2 fully saturated rings. The van der Waals surface area contributed by atoms with E-state index in [1.807, 2.05) is 0 Å². The minimum atomic E-state index is -0.579. The van der Waals surface area contributed by atoms with E-state index in [0.717, 1.165) is 30.4 Å². The zero-order valence-corrected chi connectivity index (χ0v) is 10.3. The number of aliphatic carboxylic acids is 1. The Morgan fingerprint density at radius 2 is 2.00 bits per heavy atom. The zero-order valence-electron chi connectivity index (χ0n) is 9.53. The number of thioether (sulfide) groups is 1. The Hall–Kier alpha value is -0.180. The second-order valence-corrected chi connectivity index (χ2v) is 6.91. The first-order valence-corrected chi connectivity index (χ1v) is 6.89. The fourth-order valence-electron chi connectivity index (χ4n) is 2.37. The van der Waals surface area contributed by atoms with Gasteiger partial charge in [0, 0.05) is 0 Å². The molecule has 2 nitrogen and oxygen atoms in total. The maximum Gasteiger partial charge on any atom is 0.319 e. The number of hydrogen-bond donors (Lipinski definition) is 1. The van der Waals surface area contributed by atoms with E-state index in [1.165, 1.54) is 12.8 Å². The molecule has 0 spiro atoms. The summed E-state index contributed by atoms with van der Waals surface area (Å²) in [6.45, 7) is 4.30. The summed E-state index contributed by atoms with van der Waals surface area (Å²) in [5.74, 6) is 2.58. The van der Waals surface area contributed by atoms with Crippen LogP contribution in [0.4, 0.5) is 0 Å². The van der Waals surface area contributed by atoms with E-state index in [9.17, 15) is 9.90 Å². The fourth-order valence-corrected chi connectivity index (χ4v) is 3.81. The molecule has 0 aliphatic heterocycles.